The van der Waals surface area contributed by atoms with Crippen LogP contribution in [0.5, 0.6) is 0 Å². The third-order valence-electron chi connectivity index (χ3n) is 4.28. The van der Waals surface area contributed by atoms with E-state index in [1.165, 1.54) is 28.9 Å². The van der Waals surface area contributed by atoms with Crippen molar-refractivity contribution in [2.24, 2.45) is 0 Å². The zero-order valence-corrected chi connectivity index (χ0v) is 18.8. The van der Waals surface area contributed by atoms with Gasteiger partial charge in [-0.05, 0) is 56.6 Å². The fourth-order valence-corrected chi connectivity index (χ4v) is 4.47. The first-order valence-corrected chi connectivity index (χ1v) is 9.88. The number of esters is 1. The van der Waals surface area contributed by atoms with Crippen LogP contribution in [0.3, 0.4) is 0 Å². The number of amides is 1. The number of hydrogen-bond donors (Lipinski definition) is 2. The molecule has 0 saturated carbocycles. The Morgan fingerprint density at radius 3 is 2.14 bits per heavy atom. The van der Waals surface area contributed by atoms with Crippen molar-refractivity contribution in [1.29, 1.82) is 0 Å². The summed E-state index contributed by atoms with van der Waals surface area (Å²) in [6, 6.07) is 4.14. The minimum atomic E-state index is -0.514. The van der Waals surface area contributed by atoms with E-state index in [2.05, 4.69) is 22.8 Å². The number of thiophene rings is 1. The minimum absolute atomic E-state index is 0.176. The van der Waals surface area contributed by atoms with Crippen molar-refractivity contribution >= 4 is 51.2 Å². The number of aryl methyl sites for hydroxylation is 3. The molecule has 0 aliphatic heterocycles. The number of carbonyl (C=O) groups is 2. The summed E-state index contributed by atoms with van der Waals surface area (Å²) in [6.45, 7) is 7.79. The van der Waals surface area contributed by atoms with Crippen molar-refractivity contribution in [3.63, 3.8) is 0 Å². The highest BCUT2D eigenvalue weighted by Crippen LogP contribution is 2.34. The fourth-order valence-electron chi connectivity index (χ4n) is 2.98. The molecule has 2 aromatic rings. The molecular weight excluding hydrogens is 394 g/mol. The summed E-state index contributed by atoms with van der Waals surface area (Å²) in [4.78, 5) is 26.7. The molecule has 0 saturated heterocycles. The van der Waals surface area contributed by atoms with E-state index in [0.29, 0.717) is 26.1 Å². The van der Waals surface area contributed by atoms with Gasteiger partial charge in [0.05, 0.1) is 17.6 Å². The van der Waals surface area contributed by atoms with Crippen LogP contribution in [-0.2, 0) is 4.74 Å². The average molecular weight is 420 g/mol. The second-order valence-electron chi connectivity index (χ2n) is 6.80. The van der Waals surface area contributed by atoms with E-state index in [9.17, 15) is 9.59 Å². The Morgan fingerprint density at radius 1 is 1.07 bits per heavy atom. The topological polar surface area (TPSA) is 70.7 Å². The quantitative estimate of drug-likeness (QED) is 0.569. The van der Waals surface area contributed by atoms with Crippen LogP contribution in [0.1, 0.15) is 42.3 Å². The number of hydrogen-bond acceptors (Lipinski definition) is 5. The average Bonchev–Trinajstić information content (AvgIpc) is 2.92. The van der Waals surface area contributed by atoms with E-state index in [1.807, 2.05) is 20.8 Å². The number of nitrogens with zero attached hydrogens (tertiary/aromatic N) is 1. The predicted octanol–water partition coefficient (Wildman–Crippen LogP) is 4.28. The van der Waals surface area contributed by atoms with Crippen LogP contribution in [-0.4, -0.2) is 43.1 Å². The largest absolute Gasteiger partial charge is 0.465 e. The first-order chi connectivity index (χ1) is 13.1. The molecule has 0 bridgehead atoms. The summed E-state index contributed by atoms with van der Waals surface area (Å²) in [5.74, 6) is -0.690. The molecule has 0 radical (unpaired) electrons. The summed E-state index contributed by atoms with van der Waals surface area (Å²) < 4.78 is 4.90. The van der Waals surface area contributed by atoms with Gasteiger partial charge in [0.2, 0.25) is 0 Å². The summed E-state index contributed by atoms with van der Waals surface area (Å²) in [6.07, 6.45) is 0. The molecule has 1 amide bonds. The maximum Gasteiger partial charge on any atom is 0.341 e. The van der Waals surface area contributed by atoms with E-state index in [0.717, 1.165) is 16.8 Å². The molecule has 0 aliphatic carbocycles. The van der Waals surface area contributed by atoms with E-state index in [4.69, 9.17) is 17.0 Å². The van der Waals surface area contributed by atoms with Crippen molar-refractivity contribution < 1.29 is 14.3 Å². The van der Waals surface area contributed by atoms with Gasteiger partial charge in [0.15, 0.2) is 5.11 Å². The van der Waals surface area contributed by atoms with Crippen LogP contribution in [0.4, 0.5) is 10.7 Å². The van der Waals surface area contributed by atoms with E-state index < -0.39 is 5.97 Å². The number of rotatable bonds is 4. The van der Waals surface area contributed by atoms with Crippen molar-refractivity contribution in [3.8, 4) is 0 Å². The lowest BCUT2D eigenvalue weighted by molar-refractivity contribution is 0.0601. The highest BCUT2D eigenvalue weighted by molar-refractivity contribution is 7.80. The van der Waals surface area contributed by atoms with Gasteiger partial charge in [-0.1, -0.05) is 17.7 Å². The Labute approximate surface area is 174 Å². The molecule has 0 fully saturated rings. The molecule has 0 spiro atoms. The lowest BCUT2D eigenvalue weighted by atomic mass is 10.1. The maximum atomic E-state index is 12.4. The third-order valence-corrected chi connectivity index (χ3v) is 5.68. The normalized spacial score (nSPS) is 10.4. The van der Waals surface area contributed by atoms with Gasteiger partial charge in [-0.25, -0.2) is 4.79 Å². The van der Waals surface area contributed by atoms with Crippen LogP contribution in [0, 0.1) is 27.7 Å². The molecule has 1 aromatic carbocycles. The van der Waals surface area contributed by atoms with E-state index in [1.54, 1.807) is 21.0 Å². The van der Waals surface area contributed by atoms with Crippen molar-refractivity contribution in [3.05, 3.63) is 44.8 Å². The number of nitrogens with one attached hydrogen (secondary N) is 2. The number of thiocarbonyl (C=S) groups is 1. The second-order valence-corrected chi connectivity index (χ2v) is 8.23. The molecule has 1 aromatic heterocycles. The molecule has 6 nitrogen and oxygen atoms in total. The van der Waals surface area contributed by atoms with Gasteiger partial charge in [-0.15, -0.1) is 11.3 Å². The van der Waals surface area contributed by atoms with Gasteiger partial charge >= 0.3 is 5.97 Å². The maximum absolute atomic E-state index is 12.4. The van der Waals surface area contributed by atoms with Gasteiger partial charge in [0.1, 0.15) is 5.00 Å². The molecule has 1 heterocycles. The van der Waals surface area contributed by atoms with Crippen LogP contribution in [0.2, 0.25) is 0 Å². The van der Waals surface area contributed by atoms with Gasteiger partial charge in [0, 0.05) is 19.8 Å². The Balaban J connectivity index is 2.37. The molecule has 0 aliphatic rings. The molecule has 0 atom stereocenters. The molecule has 8 heteroatoms. The number of ether oxygens (including phenoxy) is 1. The zero-order valence-electron chi connectivity index (χ0n) is 17.1. The van der Waals surface area contributed by atoms with E-state index >= 15 is 0 Å². The fraction of sp³-hybridized carbons (Fsp3) is 0.350. The summed E-state index contributed by atoms with van der Waals surface area (Å²) in [5.41, 5.74) is 5.12. The molecule has 28 heavy (non-hydrogen) atoms. The van der Waals surface area contributed by atoms with Crippen molar-refractivity contribution in [2.75, 3.05) is 31.8 Å². The highest BCUT2D eigenvalue weighted by Gasteiger charge is 2.26. The number of benzene rings is 1. The summed E-state index contributed by atoms with van der Waals surface area (Å²) >= 11 is 6.64. The van der Waals surface area contributed by atoms with Crippen LogP contribution in [0.25, 0.3) is 0 Å². The van der Waals surface area contributed by atoms with Crippen LogP contribution in [0.15, 0.2) is 12.1 Å². The van der Waals surface area contributed by atoms with E-state index in [-0.39, 0.29) is 5.91 Å². The lowest BCUT2D eigenvalue weighted by Crippen LogP contribution is -2.21. The lowest BCUT2D eigenvalue weighted by Gasteiger charge is -2.15. The standard InChI is InChI=1S/C20H25N3O3S2/c1-10-8-11(2)15(12(3)9-10)21-20(27)22-17-14(19(25)26-7)13(4)16(28-17)18(24)23(5)6/h8-9H,1-7H3,(H2,21,22,27). The third kappa shape index (κ3) is 4.51. The van der Waals surface area contributed by atoms with Gasteiger partial charge in [0.25, 0.3) is 5.91 Å². The summed E-state index contributed by atoms with van der Waals surface area (Å²) in [7, 11) is 4.65. The molecule has 2 N–H and O–H groups in total. The first kappa shape index (κ1) is 21.8. The van der Waals surface area contributed by atoms with Gasteiger partial charge < -0.3 is 20.3 Å². The Morgan fingerprint density at radius 2 is 1.64 bits per heavy atom. The molecule has 2 rings (SSSR count). The smallest absolute Gasteiger partial charge is 0.341 e. The number of methoxy groups -OCH3 is 1. The number of anilines is 2. The second kappa shape index (κ2) is 8.70. The molecular formula is C20H25N3O3S2. The zero-order chi connectivity index (χ0) is 21.2. The van der Waals surface area contributed by atoms with Gasteiger partial charge in [-0.2, -0.15) is 0 Å². The van der Waals surface area contributed by atoms with Crippen molar-refractivity contribution in [1.82, 2.24) is 4.90 Å². The first-order valence-electron chi connectivity index (χ1n) is 8.66. The molecule has 150 valence electrons. The Hall–Kier alpha value is -2.45. The SMILES string of the molecule is COC(=O)c1c(NC(=S)Nc2c(C)cc(C)cc2C)sc(C(=O)N(C)C)c1C. The Bertz CT molecular complexity index is 925. The van der Waals surface area contributed by atoms with Crippen LogP contribution < -0.4 is 10.6 Å². The summed E-state index contributed by atoms with van der Waals surface area (Å²) in [5, 5.41) is 7.08. The number of carbonyl (C=O) groups excluding carboxylic acids is 2. The van der Waals surface area contributed by atoms with Crippen LogP contribution >= 0.6 is 23.6 Å². The predicted molar refractivity (Wildman–Crippen MR) is 119 cm³/mol. The minimum Gasteiger partial charge on any atom is -0.465 e. The highest BCUT2D eigenvalue weighted by atomic mass is 32.1. The van der Waals surface area contributed by atoms with Gasteiger partial charge in [-0.3, -0.25) is 4.79 Å². The molecule has 0 unspecified atom stereocenters. The monoisotopic (exact) mass is 419 g/mol. The Kier molecular flexibility index (Phi) is 6.79. The van der Waals surface area contributed by atoms with Crippen molar-refractivity contribution in [2.45, 2.75) is 27.7 Å².